The molecule has 4 nitrogen and oxygen atoms in total. The fourth-order valence-corrected chi connectivity index (χ4v) is 2.19. The van der Waals surface area contributed by atoms with Crippen LogP contribution in [0.4, 0.5) is 0 Å². The van der Waals surface area contributed by atoms with Gasteiger partial charge in [-0.3, -0.25) is 4.79 Å². The Balaban J connectivity index is 1.94. The van der Waals surface area contributed by atoms with Gasteiger partial charge in [-0.2, -0.15) is 0 Å². The van der Waals surface area contributed by atoms with Crippen molar-refractivity contribution < 1.29 is 0 Å². The second-order valence-corrected chi connectivity index (χ2v) is 4.48. The molecule has 5 heteroatoms. The summed E-state index contributed by atoms with van der Waals surface area (Å²) in [6.07, 6.45) is 7.13. The molecule has 0 atom stereocenters. The molecule has 16 heavy (non-hydrogen) atoms. The predicted molar refractivity (Wildman–Crippen MR) is 63.8 cm³/mol. The topological polar surface area (TPSA) is 38.1 Å². The number of rotatable bonds is 3. The smallest absolute Gasteiger partial charge is 0.288 e. The van der Waals surface area contributed by atoms with Crippen molar-refractivity contribution in [3.8, 4) is 0 Å². The molecule has 0 N–H and O–H groups in total. The lowest BCUT2D eigenvalue weighted by Crippen LogP contribution is -2.34. The Kier molecular flexibility index (Phi) is 3.96. The molecule has 0 unspecified atom stereocenters. The molecule has 1 fully saturated rings. The molecule has 2 heterocycles. The van der Waals surface area contributed by atoms with Crippen LogP contribution in [0.15, 0.2) is 17.2 Å². The molecule has 1 aliphatic rings. The van der Waals surface area contributed by atoms with E-state index < -0.39 is 0 Å². The highest BCUT2D eigenvalue weighted by Crippen LogP contribution is 2.08. The van der Waals surface area contributed by atoms with E-state index in [1.54, 1.807) is 17.0 Å². The van der Waals surface area contributed by atoms with Crippen LogP contribution in [0, 0.1) is 0 Å². The average molecular weight is 242 g/mol. The largest absolute Gasteiger partial charge is 0.310 e. The fraction of sp³-hybridized carbons (Fsp3) is 0.636. The number of hydrogen-bond acceptors (Lipinski definition) is 3. The fourth-order valence-electron chi connectivity index (χ4n) is 2.03. The molecule has 0 amide bonds. The highest BCUT2D eigenvalue weighted by molar-refractivity contribution is 6.29. The molecule has 0 radical (unpaired) electrons. The van der Waals surface area contributed by atoms with Crippen LogP contribution in [0.5, 0.6) is 0 Å². The second kappa shape index (κ2) is 5.46. The van der Waals surface area contributed by atoms with Gasteiger partial charge in [-0.1, -0.05) is 18.0 Å². The Morgan fingerprint density at radius 3 is 2.75 bits per heavy atom. The molecule has 0 aromatic carbocycles. The Labute approximate surface area is 99.9 Å². The third kappa shape index (κ3) is 2.83. The first-order chi connectivity index (χ1) is 7.77. The summed E-state index contributed by atoms with van der Waals surface area (Å²) in [5, 5.41) is 0.0566. The molecule has 0 aliphatic carbocycles. The van der Waals surface area contributed by atoms with Gasteiger partial charge in [0.2, 0.25) is 0 Å². The van der Waals surface area contributed by atoms with Gasteiger partial charge < -0.3 is 9.47 Å². The zero-order valence-electron chi connectivity index (χ0n) is 9.23. The van der Waals surface area contributed by atoms with Crippen LogP contribution < -0.4 is 5.56 Å². The normalized spacial score (nSPS) is 17.6. The summed E-state index contributed by atoms with van der Waals surface area (Å²) < 4.78 is 1.63. The van der Waals surface area contributed by atoms with Crippen LogP contribution in [0.1, 0.15) is 19.3 Å². The van der Waals surface area contributed by atoms with E-state index in [-0.39, 0.29) is 10.7 Å². The molecular formula is C11H16ClN3O. The Morgan fingerprint density at radius 1 is 1.25 bits per heavy atom. The predicted octanol–water partition coefficient (Wildman–Crippen LogP) is 1.38. The summed E-state index contributed by atoms with van der Waals surface area (Å²) in [7, 11) is 0. The van der Waals surface area contributed by atoms with Gasteiger partial charge in [0.1, 0.15) is 0 Å². The van der Waals surface area contributed by atoms with Crippen molar-refractivity contribution in [2.24, 2.45) is 0 Å². The first kappa shape index (κ1) is 11.6. The van der Waals surface area contributed by atoms with E-state index in [9.17, 15) is 4.79 Å². The maximum Gasteiger partial charge on any atom is 0.288 e. The zero-order chi connectivity index (χ0) is 11.4. The molecule has 0 bridgehead atoms. The lowest BCUT2D eigenvalue weighted by molar-refractivity contribution is 0.220. The SMILES string of the molecule is O=c1c(Cl)nccn1CCN1CCCCC1. The minimum absolute atomic E-state index is 0.0566. The number of aromatic nitrogens is 2. The summed E-state index contributed by atoms with van der Waals surface area (Å²) in [5.74, 6) is 0. The number of halogens is 1. The standard InChI is InChI=1S/C11H16ClN3O/c12-10-11(16)15(7-4-13-10)9-8-14-5-2-1-3-6-14/h4,7H,1-3,5-6,8-9H2. The van der Waals surface area contributed by atoms with Gasteiger partial charge in [0.15, 0.2) is 5.15 Å². The van der Waals surface area contributed by atoms with Crippen molar-refractivity contribution in [2.75, 3.05) is 19.6 Å². The van der Waals surface area contributed by atoms with E-state index >= 15 is 0 Å². The lowest BCUT2D eigenvalue weighted by Gasteiger charge is -2.26. The minimum atomic E-state index is -0.193. The molecule has 2 rings (SSSR count). The Bertz CT molecular complexity index is 398. The third-order valence-electron chi connectivity index (χ3n) is 2.98. The second-order valence-electron chi connectivity index (χ2n) is 4.12. The van der Waals surface area contributed by atoms with Crippen molar-refractivity contribution in [1.29, 1.82) is 0 Å². The number of nitrogens with zero attached hydrogens (tertiary/aromatic N) is 3. The van der Waals surface area contributed by atoms with E-state index in [1.165, 1.54) is 19.3 Å². The van der Waals surface area contributed by atoms with Crippen LogP contribution in [0.25, 0.3) is 0 Å². The molecule has 1 aromatic heterocycles. The average Bonchev–Trinajstić information content (AvgIpc) is 2.32. The summed E-state index contributed by atoms with van der Waals surface area (Å²) in [5.41, 5.74) is -0.193. The Hall–Kier alpha value is -0.870. The zero-order valence-corrected chi connectivity index (χ0v) is 9.99. The highest BCUT2D eigenvalue weighted by Gasteiger charge is 2.10. The van der Waals surface area contributed by atoms with E-state index in [4.69, 9.17) is 11.6 Å². The van der Waals surface area contributed by atoms with E-state index in [0.29, 0.717) is 6.54 Å². The van der Waals surface area contributed by atoms with Gasteiger partial charge in [-0.15, -0.1) is 0 Å². The maximum absolute atomic E-state index is 11.6. The lowest BCUT2D eigenvalue weighted by atomic mass is 10.1. The van der Waals surface area contributed by atoms with Gasteiger partial charge >= 0.3 is 0 Å². The molecule has 1 saturated heterocycles. The van der Waals surface area contributed by atoms with Gasteiger partial charge in [-0.05, 0) is 25.9 Å². The van der Waals surface area contributed by atoms with Crippen LogP contribution >= 0.6 is 11.6 Å². The van der Waals surface area contributed by atoms with Crippen LogP contribution in [0.2, 0.25) is 5.15 Å². The van der Waals surface area contributed by atoms with Crippen molar-refractivity contribution >= 4 is 11.6 Å². The molecule has 1 aliphatic heterocycles. The van der Waals surface area contributed by atoms with E-state index in [1.807, 2.05) is 0 Å². The first-order valence-corrected chi connectivity index (χ1v) is 6.08. The molecule has 0 saturated carbocycles. The minimum Gasteiger partial charge on any atom is -0.310 e. The molecule has 0 spiro atoms. The van der Waals surface area contributed by atoms with Crippen molar-refractivity contribution in [1.82, 2.24) is 14.5 Å². The van der Waals surface area contributed by atoms with Gasteiger partial charge in [0.25, 0.3) is 5.56 Å². The van der Waals surface area contributed by atoms with Crippen LogP contribution in [0.3, 0.4) is 0 Å². The van der Waals surface area contributed by atoms with E-state index in [2.05, 4.69) is 9.88 Å². The van der Waals surface area contributed by atoms with Crippen LogP contribution in [-0.2, 0) is 6.54 Å². The Morgan fingerprint density at radius 2 is 2.00 bits per heavy atom. The highest BCUT2D eigenvalue weighted by atomic mass is 35.5. The monoisotopic (exact) mass is 241 g/mol. The maximum atomic E-state index is 11.6. The number of likely N-dealkylation sites (tertiary alicyclic amines) is 1. The van der Waals surface area contributed by atoms with E-state index in [0.717, 1.165) is 19.6 Å². The van der Waals surface area contributed by atoms with Gasteiger partial charge in [0.05, 0.1) is 0 Å². The summed E-state index contributed by atoms with van der Waals surface area (Å²) in [4.78, 5) is 17.7. The van der Waals surface area contributed by atoms with Crippen molar-refractivity contribution in [2.45, 2.75) is 25.8 Å². The van der Waals surface area contributed by atoms with Gasteiger partial charge in [0, 0.05) is 25.5 Å². The van der Waals surface area contributed by atoms with Crippen molar-refractivity contribution in [3.05, 3.63) is 27.9 Å². The first-order valence-electron chi connectivity index (χ1n) is 5.70. The summed E-state index contributed by atoms with van der Waals surface area (Å²) in [6.45, 7) is 3.91. The number of hydrogen-bond donors (Lipinski definition) is 0. The van der Waals surface area contributed by atoms with Crippen LogP contribution in [-0.4, -0.2) is 34.1 Å². The quantitative estimate of drug-likeness (QED) is 0.803. The van der Waals surface area contributed by atoms with Gasteiger partial charge in [-0.25, -0.2) is 4.98 Å². The molecule has 88 valence electrons. The molecular weight excluding hydrogens is 226 g/mol. The molecule has 1 aromatic rings. The summed E-state index contributed by atoms with van der Waals surface area (Å²) >= 11 is 5.68. The number of piperidine rings is 1. The third-order valence-corrected chi connectivity index (χ3v) is 3.24. The summed E-state index contributed by atoms with van der Waals surface area (Å²) in [6, 6.07) is 0. The van der Waals surface area contributed by atoms with Crippen molar-refractivity contribution in [3.63, 3.8) is 0 Å².